The first kappa shape index (κ1) is 61.4. The van der Waals surface area contributed by atoms with Crippen LogP contribution < -0.4 is 26.3 Å². The molecular weight excluding hydrogens is 1090 g/mol. The number of hydrazine groups is 1. The van der Waals surface area contributed by atoms with Gasteiger partial charge in [-0.3, -0.25) is 19.9 Å². The predicted molar refractivity (Wildman–Crippen MR) is 270 cm³/mol. The molecule has 28 heteroatoms. The van der Waals surface area contributed by atoms with Gasteiger partial charge in [0.15, 0.2) is 0 Å². The normalized spacial score (nSPS) is 18.7. The minimum Gasteiger partial charge on any atom is -0.465 e. The van der Waals surface area contributed by atoms with Gasteiger partial charge in [0.05, 0.1) is 55.5 Å². The van der Waals surface area contributed by atoms with Gasteiger partial charge in [0.1, 0.15) is 29.5 Å². The second kappa shape index (κ2) is 24.9. The summed E-state index contributed by atoms with van der Waals surface area (Å²) >= 11 is 0. The van der Waals surface area contributed by atoms with Crippen LogP contribution in [0.3, 0.4) is 0 Å². The zero-order valence-corrected chi connectivity index (χ0v) is 44.3. The number of alkyl carbamates (subject to hydrolysis) is 1. The molecule has 2 aromatic heterocycles. The molecule has 0 radical (unpaired) electrons. The summed E-state index contributed by atoms with van der Waals surface area (Å²) < 4.78 is 155. The Labute approximate surface area is 458 Å². The average molecular weight is 1160 g/mol. The first-order valence-electron chi connectivity index (χ1n) is 25.4. The fourth-order valence-electron chi connectivity index (χ4n) is 9.76. The molecule has 6 unspecified atom stereocenters. The Bertz CT molecular complexity index is 2910. The van der Waals surface area contributed by atoms with Crippen LogP contribution >= 0.6 is 0 Å². The lowest BCUT2D eigenvalue weighted by Gasteiger charge is -2.50. The Morgan fingerprint density at radius 3 is 1.89 bits per heavy atom. The Hall–Kier alpha value is -7.22. The number of halogens is 10. The highest BCUT2D eigenvalue weighted by Gasteiger charge is 2.57. The van der Waals surface area contributed by atoms with Gasteiger partial charge in [0.2, 0.25) is 5.91 Å². The standard InChI is InChI=1S/C53H60F10N10O8/c1-50(2,52(58,59)60)43(68-49(79)80-5)45(75)66-40(15-30-9-6-29(7-10-30)8-11-31-12-13-42(64-18-31)71-22-32-14-33(23-71)21-70(20-32)36-27-81-28-36)41(74)26-72(69-46(76)44(67-48(77)78)51(3,4)53(61,62)63)25-37-38(54)16-34(17-39(37)55)35-19-65-73(24-35)47(56)57/h6-7,9-10,12-13,16-19,24,32-33,36,40-41,43-44,47,67,74H,14-15,20-23,25-28H2,1-5H3,(H,66,75)(H,68,79)(H,69,76)(H,77,78). The number of rotatable bonds is 19. The number of piperidine rings is 2. The fourth-order valence-corrected chi connectivity index (χ4v) is 9.76. The van der Waals surface area contributed by atoms with Crippen molar-refractivity contribution in [3.05, 3.63) is 101 Å². The van der Waals surface area contributed by atoms with Gasteiger partial charge in [-0.2, -0.15) is 40.2 Å². The van der Waals surface area contributed by atoms with Crippen molar-refractivity contribution in [1.29, 1.82) is 0 Å². The molecule has 3 aliphatic rings. The van der Waals surface area contributed by atoms with Crippen molar-refractivity contribution in [1.82, 2.24) is 46.0 Å². The first-order chi connectivity index (χ1) is 37.9. The van der Waals surface area contributed by atoms with Crippen LogP contribution in [0.4, 0.5) is 59.3 Å². The van der Waals surface area contributed by atoms with Crippen molar-refractivity contribution >= 4 is 29.8 Å². The lowest BCUT2D eigenvalue weighted by molar-refractivity contribution is -0.221. The number of carbonyl (C=O) groups excluding carboxylic acids is 3. The topological polar surface area (TPSA) is 216 Å². The number of nitrogens with zero attached hydrogens (tertiary/aromatic N) is 6. The number of aliphatic hydroxyl groups is 1. The van der Waals surface area contributed by atoms with Crippen LogP contribution in [-0.4, -0.2) is 155 Å². The molecule has 6 atom stereocenters. The molecule has 4 amide bonds. The molecule has 0 saturated carbocycles. The maximum Gasteiger partial charge on any atom is 0.407 e. The zero-order chi connectivity index (χ0) is 59.4. The molecule has 0 spiro atoms. The Morgan fingerprint density at radius 1 is 0.802 bits per heavy atom. The largest absolute Gasteiger partial charge is 0.465 e. The van der Waals surface area contributed by atoms with E-state index in [1.54, 1.807) is 6.20 Å². The maximum atomic E-state index is 16.0. The third-order valence-corrected chi connectivity index (χ3v) is 14.8. The Balaban J connectivity index is 1.17. The van der Waals surface area contributed by atoms with E-state index in [1.165, 1.54) is 29.6 Å². The molecule has 18 nitrogen and oxygen atoms in total. The summed E-state index contributed by atoms with van der Waals surface area (Å²) in [5.74, 6) is 1.67. The number of methoxy groups -OCH3 is 1. The van der Waals surface area contributed by atoms with E-state index in [9.17, 15) is 64.5 Å². The van der Waals surface area contributed by atoms with Gasteiger partial charge in [-0.15, -0.1) is 0 Å². The number of carbonyl (C=O) groups is 4. The highest BCUT2D eigenvalue weighted by Crippen LogP contribution is 2.42. The Kier molecular flexibility index (Phi) is 18.9. The minimum absolute atomic E-state index is 0.186. The van der Waals surface area contributed by atoms with Crippen LogP contribution in [0, 0.1) is 46.1 Å². The highest BCUT2D eigenvalue weighted by molar-refractivity contribution is 5.87. The van der Waals surface area contributed by atoms with E-state index in [0.29, 0.717) is 73.8 Å². The SMILES string of the molecule is COC(=O)NC(C(=O)NC(Cc1ccc(C#Cc2ccc(N3CC4CC(C3)CN(C3COC3)C4)nc2)cc1)C(O)CN(Cc1c(F)cc(-c2cnn(C(F)F)c2)cc1F)NC(=O)C(NC(=O)O)C(C)(C)C(F)(F)F)C(C)(C)C(F)(F)F. The highest BCUT2D eigenvalue weighted by atomic mass is 19.4. The van der Waals surface area contributed by atoms with E-state index < -0.39 is 115 Å². The van der Waals surface area contributed by atoms with Crippen LogP contribution in [0.2, 0.25) is 0 Å². The van der Waals surface area contributed by atoms with Crippen LogP contribution in [0.25, 0.3) is 11.1 Å². The van der Waals surface area contributed by atoms with Crippen molar-refractivity contribution in [2.45, 2.75) is 96.3 Å². The van der Waals surface area contributed by atoms with Crippen molar-refractivity contribution in [2.24, 2.45) is 22.7 Å². The Morgan fingerprint density at radius 2 is 1.38 bits per heavy atom. The molecule has 6 N–H and O–H groups in total. The molecule has 81 heavy (non-hydrogen) atoms. The average Bonchev–Trinajstić information content (AvgIpc) is 4.06. The van der Waals surface area contributed by atoms with Gasteiger partial charge in [-0.25, -0.2) is 33.0 Å². The van der Waals surface area contributed by atoms with Gasteiger partial charge in [-0.1, -0.05) is 24.0 Å². The number of aromatic nitrogens is 3. The van der Waals surface area contributed by atoms with Gasteiger partial charge < -0.3 is 40.5 Å². The summed E-state index contributed by atoms with van der Waals surface area (Å²) in [6.45, 7) is 1.94. The summed E-state index contributed by atoms with van der Waals surface area (Å²) in [6, 6.07) is 4.62. The minimum atomic E-state index is -5.28. The number of fused-ring (bicyclic) bond motifs is 2. The first-order valence-corrected chi connectivity index (χ1v) is 25.4. The van der Waals surface area contributed by atoms with E-state index >= 15 is 8.78 Å². The van der Waals surface area contributed by atoms with Crippen molar-refractivity contribution in [3.8, 4) is 23.0 Å². The molecule has 7 rings (SSSR count). The van der Waals surface area contributed by atoms with E-state index in [0.717, 1.165) is 71.1 Å². The van der Waals surface area contributed by atoms with Crippen LogP contribution in [-0.2, 0) is 32.0 Å². The van der Waals surface area contributed by atoms with Gasteiger partial charge in [-0.05, 0) is 99.9 Å². The summed E-state index contributed by atoms with van der Waals surface area (Å²) in [7, 11) is 0.813. The van der Waals surface area contributed by atoms with E-state index in [-0.39, 0.29) is 21.4 Å². The molecule has 0 aliphatic carbocycles. The number of ether oxygens (including phenoxy) is 2. The second-order valence-corrected chi connectivity index (χ2v) is 21.4. The van der Waals surface area contributed by atoms with Gasteiger partial charge >= 0.3 is 31.1 Å². The lowest BCUT2D eigenvalue weighted by atomic mass is 9.82. The van der Waals surface area contributed by atoms with Crippen molar-refractivity contribution < 1.29 is 82.8 Å². The molecule has 2 bridgehead atoms. The molecule has 3 aliphatic heterocycles. The number of benzene rings is 2. The second-order valence-electron chi connectivity index (χ2n) is 21.4. The number of alkyl halides is 8. The summed E-state index contributed by atoms with van der Waals surface area (Å²) in [5, 5.41) is 31.0. The van der Waals surface area contributed by atoms with Gasteiger partial charge in [0.25, 0.3) is 5.91 Å². The molecule has 4 aromatic rings. The van der Waals surface area contributed by atoms with E-state index in [4.69, 9.17) is 4.74 Å². The van der Waals surface area contributed by atoms with Crippen LogP contribution in [0.1, 0.15) is 62.9 Å². The molecule has 5 heterocycles. The predicted octanol–water partition coefficient (Wildman–Crippen LogP) is 6.63. The number of nitrogens with one attached hydrogen (secondary N) is 4. The fraction of sp³-hybridized carbons (Fsp3) is 0.509. The number of likely N-dealkylation sites (tertiary alicyclic amines) is 1. The van der Waals surface area contributed by atoms with E-state index in [2.05, 4.69) is 41.8 Å². The number of amides is 4. The maximum absolute atomic E-state index is 16.0. The van der Waals surface area contributed by atoms with Gasteiger partial charge in [0, 0.05) is 73.9 Å². The quantitative estimate of drug-likeness (QED) is 0.0331. The third kappa shape index (κ3) is 14.8. The monoisotopic (exact) mass is 1150 g/mol. The molecule has 3 fully saturated rings. The number of aliphatic hydroxyl groups excluding tert-OH is 1. The molecule has 2 aromatic carbocycles. The smallest absolute Gasteiger partial charge is 0.407 e. The zero-order valence-electron chi connectivity index (χ0n) is 44.3. The molecular formula is C53H60F10N10O8. The van der Waals surface area contributed by atoms with Crippen LogP contribution in [0.5, 0.6) is 0 Å². The van der Waals surface area contributed by atoms with Crippen molar-refractivity contribution in [2.75, 3.05) is 57.9 Å². The van der Waals surface area contributed by atoms with E-state index in [1.807, 2.05) is 22.9 Å². The number of hydrogen-bond acceptors (Lipinski definition) is 12. The third-order valence-electron chi connectivity index (χ3n) is 14.8. The number of pyridine rings is 1. The number of anilines is 1. The summed E-state index contributed by atoms with van der Waals surface area (Å²) in [5.41, 5.74) is -4.46. The summed E-state index contributed by atoms with van der Waals surface area (Å²) in [6.07, 6.45) is -12.3. The summed E-state index contributed by atoms with van der Waals surface area (Å²) in [4.78, 5) is 61.6. The molecule has 3 saturated heterocycles. The number of carboxylic acid groups (broad SMARTS) is 1. The van der Waals surface area contributed by atoms with Crippen molar-refractivity contribution in [3.63, 3.8) is 0 Å². The molecule has 440 valence electrons. The lowest BCUT2D eigenvalue weighted by Crippen LogP contribution is -2.63. The van der Waals surface area contributed by atoms with Crippen LogP contribution in [0.15, 0.2) is 67.1 Å². The number of hydrogen-bond donors (Lipinski definition) is 6.